The van der Waals surface area contributed by atoms with Crippen LogP contribution in [0.15, 0.2) is 66.7 Å². The van der Waals surface area contributed by atoms with Crippen molar-refractivity contribution in [3.05, 3.63) is 66.7 Å². The zero-order chi connectivity index (χ0) is 23.9. The number of aromatic nitrogens is 1. The number of aliphatic carboxylic acids is 1. The number of unbranched alkanes of at least 4 members (excludes halogenated alkanes) is 2. The van der Waals surface area contributed by atoms with Crippen molar-refractivity contribution in [1.82, 2.24) is 4.57 Å². The van der Waals surface area contributed by atoms with Gasteiger partial charge in [-0.1, -0.05) is 30.3 Å². The highest BCUT2D eigenvalue weighted by Gasteiger charge is 2.13. The number of para-hydroxylation sites is 3. The second-order valence-electron chi connectivity index (χ2n) is 8.11. The van der Waals surface area contributed by atoms with E-state index in [1.54, 1.807) is 0 Å². The van der Waals surface area contributed by atoms with Crippen molar-refractivity contribution in [2.24, 2.45) is 0 Å². The molecule has 0 saturated carbocycles. The van der Waals surface area contributed by atoms with Crippen molar-refractivity contribution in [1.29, 1.82) is 0 Å². The van der Waals surface area contributed by atoms with Crippen molar-refractivity contribution in [2.45, 2.75) is 32.7 Å². The van der Waals surface area contributed by atoms with E-state index in [9.17, 15) is 14.7 Å². The van der Waals surface area contributed by atoms with Gasteiger partial charge >= 0.3 is 5.97 Å². The molecule has 1 heterocycles. The van der Waals surface area contributed by atoms with Gasteiger partial charge in [-0.3, -0.25) is 9.59 Å². The van der Waals surface area contributed by atoms with Gasteiger partial charge in [-0.25, -0.2) is 0 Å². The lowest BCUT2D eigenvalue weighted by Gasteiger charge is -2.11. The van der Waals surface area contributed by atoms with Crippen LogP contribution in [0.3, 0.4) is 0 Å². The highest BCUT2D eigenvalue weighted by molar-refractivity contribution is 6.08. The molecular formula is C27H28N2O5. The zero-order valence-corrected chi connectivity index (χ0v) is 19.1. The summed E-state index contributed by atoms with van der Waals surface area (Å²) < 4.78 is 13.6. The van der Waals surface area contributed by atoms with Gasteiger partial charge in [0.1, 0.15) is 18.0 Å². The summed E-state index contributed by atoms with van der Waals surface area (Å²) in [4.78, 5) is 22.7. The second-order valence-corrected chi connectivity index (χ2v) is 8.11. The van der Waals surface area contributed by atoms with Crippen molar-refractivity contribution in [2.75, 3.05) is 18.5 Å². The van der Waals surface area contributed by atoms with Crippen LogP contribution in [0.5, 0.6) is 11.5 Å². The van der Waals surface area contributed by atoms with Crippen LogP contribution in [-0.4, -0.2) is 34.8 Å². The normalized spacial score (nSPS) is 11.0. The molecule has 0 aliphatic heterocycles. The molecule has 2 N–H and O–H groups in total. The Morgan fingerprint density at radius 1 is 0.853 bits per heavy atom. The largest absolute Gasteiger partial charge is 0.494 e. The van der Waals surface area contributed by atoms with Gasteiger partial charge in [0.05, 0.1) is 24.4 Å². The molecule has 0 radical (unpaired) electrons. The molecule has 0 unspecified atom stereocenters. The fraction of sp³-hybridized carbons (Fsp3) is 0.259. The summed E-state index contributed by atoms with van der Waals surface area (Å²) in [7, 11) is 0. The number of rotatable bonds is 11. The van der Waals surface area contributed by atoms with Gasteiger partial charge in [-0.15, -0.1) is 0 Å². The first-order valence-electron chi connectivity index (χ1n) is 11.4. The number of nitrogens with one attached hydrogen (secondary N) is 1. The van der Waals surface area contributed by atoms with Gasteiger partial charge in [-0.2, -0.15) is 0 Å². The number of carboxylic acid groups (broad SMARTS) is 1. The molecule has 0 spiro atoms. The number of benzene rings is 3. The Hall–Kier alpha value is -4.00. The molecule has 0 bridgehead atoms. The number of carbonyl (C=O) groups excluding carboxylic acids is 1. The fourth-order valence-electron chi connectivity index (χ4n) is 4.06. The van der Waals surface area contributed by atoms with Crippen molar-refractivity contribution in [3.8, 4) is 11.5 Å². The average Bonchev–Trinajstić information content (AvgIpc) is 3.12. The Labute approximate surface area is 197 Å². The van der Waals surface area contributed by atoms with E-state index >= 15 is 0 Å². The van der Waals surface area contributed by atoms with Crippen LogP contribution in [-0.2, 0) is 16.1 Å². The minimum absolute atomic E-state index is 0.0987. The number of fused-ring (bicyclic) bond motifs is 3. The molecule has 0 aliphatic rings. The summed E-state index contributed by atoms with van der Waals surface area (Å²) in [6.07, 6.45) is 2.67. The number of anilines is 1. The molecule has 4 rings (SSSR count). The van der Waals surface area contributed by atoms with Gasteiger partial charge in [0.2, 0.25) is 5.91 Å². The number of ether oxygens (including phenoxy) is 2. The van der Waals surface area contributed by atoms with E-state index in [1.807, 2.05) is 71.3 Å². The van der Waals surface area contributed by atoms with Gasteiger partial charge in [0, 0.05) is 29.3 Å². The van der Waals surface area contributed by atoms with Crippen LogP contribution in [0.1, 0.15) is 26.2 Å². The van der Waals surface area contributed by atoms with E-state index in [4.69, 9.17) is 9.47 Å². The van der Waals surface area contributed by atoms with E-state index in [2.05, 4.69) is 5.32 Å². The van der Waals surface area contributed by atoms with Crippen molar-refractivity contribution < 1.29 is 24.2 Å². The minimum Gasteiger partial charge on any atom is -0.494 e. The van der Waals surface area contributed by atoms with Gasteiger partial charge < -0.3 is 24.5 Å². The molecule has 0 aliphatic carbocycles. The van der Waals surface area contributed by atoms with Crippen LogP contribution in [0.4, 0.5) is 5.69 Å². The lowest BCUT2D eigenvalue weighted by molar-refractivity contribution is -0.137. The molecule has 3 aromatic carbocycles. The molecule has 1 amide bonds. The quantitative estimate of drug-likeness (QED) is 0.290. The molecule has 7 nitrogen and oxygen atoms in total. The SMILES string of the molecule is CC(=O)Nc1ccccc1OCCCCCOc1ccc2c3ccccc3n(CC(=O)O)c2c1. The smallest absolute Gasteiger partial charge is 0.323 e. The van der Waals surface area contributed by atoms with E-state index < -0.39 is 5.97 Å². The van der Waals surface area contributed by atoms with Gasteiger partial charge in [0.25, 0.3) is 0 Å². The first-order chi connectivity index (χ1) is 16.5. The molecule has 176 valence electrons. The topological polar surface area (TPSA) is 89.8 Å². The highest BCUT2D eigenvalue weighted by atomic mass is 16.5. The first-order valence-corrected chi connectivity index (χ1v) is 11.4. The molecule has 0 saturated heterocycles. The number of carbonyl (C=O) groups is 2. The molecule has 34 heavy (non-hydrogen) atoms. The summed E-state index contributed by atoms with van der Waals surface area (Å²) in [5.41, 5.74) is 2.43. The van der Waals surface area contributed by atoms with Crippen molar-refractivity contribution >= 4 is 39.4 Å². The van der Waals surface area contributed by atoms with Crippen LogP contribution in [0.2, 0.25) is 0 Å². The molecular weight excluding hydrogens is 432 g/mol. The molecule has 4 aromatic rings. The Balaban J connectivity index is 1.30. The summed E-state index contributed by atoms with van der Waals surface area (Å²) >= 11 is 0. The number of hydrogen-bond acceptors (Lipinski definition) is 4. The summed E-state index contributed by atoms with van der Waals surface area (Å²) in [6.45, 7) is 2.49. The maximum absolute atomic E-state index is 11.4. The Morgan fingerprint density at radius 2 is 1.56 bits per heavy atom. The van der Waals surface area contributed by atoms with E-state index in [0.717, 1.165) is 46.8 Å². The minimum atomic E-state index is -0.879. The zero-order valence-electron chi connectivity index (χ0n) is 19.1. The highest BCUT2D eigenvalue weighted by Crippen LogP contribution is 2.31. The van der Waals surface area contributed by atoms with E-state index in [0.29, 0.717) is 24.7 Å². The van der Waals surface area contributed by atoms with Gasteiger partial charge in [-0.05, 0) is 49.6 Å². The predicted molar refractivity (Wildman–Crippen MR) is 133 cm³/mol. The third-order valence-corrected chi connectivity index (χ3v) is 5.55. The third kappa shape index (κ3) is 5.49. The maximum Gasteiger partial charge on any atom is 0.323 e. The first kappa shape index (κ1) is 23.2. The third-order valence-electron chi connectivity index (χ3n) is 5.55. The van der Waals surface area contributed by atoms with Crippen LogP contribution >= 0.6 is 0 Å². The molecule has 1 aromatic heterocycles. The lowest BCUT2D eigenvalue weighted by atomic mass is 10.1. The Kier molecular flexibility index (Phi) is 7.32. The Morgan fingerprint density at radius 3 is 2.35 bits per heavy atom. The predicted octanol–water partition coefficient (Wildman–Crippen LogP) is 5.47. The van der Waals surface area contributed by atoms with Crippen molar-refractivity contribution in [3.63, 3.8) is 0 Å². The number of hydrogen-bond donors (Lipinski definition) is 2. The Bertz CT molecular complexity index is 1310. The summed E-state index contributed by atoms with van der Waals surface area (Å²) in [6, 6.07) is 21.1. The summed E-state index contributed by atoms with van der Waals surface area (Å²) in [5.74, 6) is 0.382. The summed E-state index contributed by atoms with van der Waals surface area (Å²) in [5, 5.41) is 14.2. The number of amides is 1. The van der Waals surface area contributed by atoms with Crippen LogP contribution in [0, 0.1) is 0 Å². The standard InChI is InChI=1S/C27H28N2O5/c1-19(30)28-23-10-4-6-12-26(23)34-16-8-2-7-15-33-20-13-14-22-21-9-3-5-11-24(21)29(18-27(31)32)25(22)17-20/h3-6,9-14,17H,2,7-8,15-16,18H2,1H3,(H,28,30)(H,31,32). The average molecular weight is 461 g/mol. The number of nitrogens with zero attached hydrogens (tertiary/aromatic N) is 1. The lowest BCUT2D eigenvalue weighted by Crippen LogP contribution is -2.08. The second kappa shape index (κ2) is 10.7. The van der Waals surface area contributed by atoms with Crippen LogP contribution < -0.4 is 14.8 Å². The van der Waals surface area contributed by atoms with E-state index in [1.165, 1.54) is 6.92 Å². The number of carboxylic acids is 1. The fourth-order valence-corrected chi connectivity index (χ4v) is 4.06. The van der Waals surface area contributed by atoms with Gasteiger partial charge in [0.15, 0.2) is 0 Å². The van der Waals surface area contributed by atoms with Crippen LogP contribution in [0.25, 0.3) is 21.8 Å². The molecule has 0 atom stereocenters. The maximum atomic E-state index is 11.4. The van der Waals surface area contributed by atoms with E-state index in [-0.39, 0.29) is 12.5 Å². The monoisotopic (exact) mass is 460 g/mol. The molecule has 7 heteroatoms. The molecule has 0 fully saturated rings.